The Morgan fingerprint density at radius 2 is 2.04 bits per heavy atom. The van der Waals surface area contributed by atoms with E-state index in [0.717, 1.165) is 12.8 Å². The molecule has 0 saturated carbocycles. The smallest absolute Gasteiger partial charge is 0.272 e. The van der Waals surface area contributed by atoms with Crippen LogP contribution in [0.2, 0.25) is 5.02 Å². The van der Waals surface area contributed by atoms with E-state index in [2.05, 4.69) is 25.8 Å². The van der Waals surface area contributed by atoms with Gasteiger partial charge in [-0.05, 0) is 30.4 Å². The van der Waals surface area contributed by atoms with E-state index in [1.165, 1.54) is 6.20 Å². The molecule has 1 aromatic heterocycles. The quantitative estimate of drug-likeness (QED) is 0.828. The summed E-state index contributed by atoms with van der Waals surface area (Å²) in [5.74, 6) is -0.0738. The van der Waals surface area contributed by atoms with Crippen LogP contribution in [0.5, 0.6) is 0 Å². The molecule has 1 aromatic rings. The molecule has 3 rings (SSSR count). The lowest BCUT2D eigenvalue weighted by Gasteiger charge is -2.50. The lowest BCUT2D eigenvalue weighted by molar-refractivity contribution is -0.205. The van der Waals surface area contributed by atoms with Gasteiger partial charge in [0.15, 0.2) is 0 Å². The molecule has 2 saturated heterocycles. The van der Waals surface area contributed by atoms with Crippen LogP contribution >= 0.6 is 11.6 Å². The highest BCUT2D eigenvalue weighted by Gasteiger charge is 2.46. The van der Waals surface area contributed by atoms with Gasteiger partial charge in [-0.3, -0.25) is 4.79 Å². The van der Waals surface area contributed by atoms with E-state index < -0.39 is 0 Å². The molecule has 0 radical (unpaired) electrons. The van der Waals surface area contributed by atoms with Crippen molar-refractivity contribution in [2.75, 3.05) is 13.1 Å². The molecule has 0 aliphatic carbocycles. The first kappa shape index (κ1) is 18.6. The molecule has 1 spiro atoms. The fourth-order valence-electron chi connectivity index (χ4n) is 3.79. The number of hydrogen-bond acceptors (Lipinski definition) is 4. The zero-order valence-corrected chi connectivity index (χ0v) is 15.9. The summed E-state index contributed by atoms with van der Waals surface area (Å²) in [6.45, 7) is 7.68. The second-order valence-electron chi connectivity index (χ2n) is 8.40. The fraction of sp³-hybridized carbons (Fsp3) is 0.684. The molecule has 1 amide bonds. The van der Waals surface area contributed by atoms with E-state index in [9.17, 15) is 9.90 Å². The Hall–Kier alpha value is -1.17. The van der Waals surface area contributed by atoms with Gasteiger partial charge >= 0.3 is 0 Å². The van der Waals surface area contributed by atoms with Crippen molar-refractivity contribution in [3.63, 3.8) is 0 Å². The highest BCUT2D eigenvalue weighted by atomic mass is 35.5. The minimum Gasteiger partial charge on any atom is -0.393 e. The number of aromatic nitrogens is 1. The van der Waals surface area contributed by atoms with E-state index >= 15 is 0 Å². The van der Waals surface area contributed by atoms with Crippen LogP contribution in [0.15, 0.2) is 18.3 Å². The topological polar surface area (TPSA) is 62.7 Å². The first-order chi connectivity index (χ1) is 11.7. The minimum absolute atomic E-state index is 0.00538. The van der Waals surface area contributed by atoms with E-state index in [-0.39, 0.29) is 29.1 Å². The van der Waals surface area contributed by atoms with Gasteiger partial charge in [-0.1, -0.05) is 32.4 Å². The van der Waals surface area contributed by atoms with Crippen molar-refractivity contribution in [1.82, 2.24) is 9.88 Å². The first-order valence-corrected chi connectivity index (χ1v) is 9.33. The Morgan fingerprint density at radius 1 is 1.36 bits per heavy atom. The van der Waals surface area contributed by atoms with Crippen molar-refractivity contribution in [3.8, 4) is 0 Å². The number of nitrogens with zero attached hydrogens (tertiary/aromatic N) is 2. The maximum Gasteiger partial charge on any atom is 0.272 e. The average molecular weight is 367 g/mol. The molecule has 0 unspecified atom stereocenters. The summed E-state index contributed by atoms with van der Waals surface area (Å²) in [5, 5.41) is 10.9. The molecule has 0 bridgehead atoms. The largest absolute Gasteiger partial charge is 0.393 e. The van der Waals surface area contributed by atoms with Crippen molar-refractivity contribution in [2.45, 2.75) is 64.3 Å². The molecular formula is C19H27ClN2O3. The number of aliphatic hydroxyl groups excluding tert-OH is 1. The van der Waals surface area contributed by atoms with Gasteiger partial charge in [0.2, 0.25) is 0 Å². The highest BCUT2D eigenvalue weighted by Crippen LogP contribution is 2.42. The average Bonchev–Trinajstić information content (AvgIpc) is 2.54. The third kappa shape index (κ3) is 4.15. The molecule has 138 valence electrons. The lowest BCUT2D eigenvalue weighted by atomic mass is 9.76. The molecule has 25 heavy (non-hydrogen) atoms. The van der Waals surface area contributed by atoms with Crippen LogP contribution in [0.3, 0.4) is 0 Å². The molecule has 1 N–H and O–H groups in total. The Bertz CT molecular complexity index is 619. The van der Waals surface area contributed by atoms with Gasteiger partial charge in [-0.25, -0.2) is 4.98 Å². The number of aliphatic hydroxyl groups is 1. The van der Waals surface area contributed by atoms with Crippen LogP contribution in [0.25, 0.3) is 0 Å². The summed E-state index contributed by atoms with van der Waals surface area (Å²) in [5.41, 5.74) is 0.0894. The zero-order chi connectivity index (χ0) is 18.2. The van der Waals surface area contributed by atoms with Crippen LogP contribution in [-0.4, -0.2) is 51.8 Å². The third-order valence-electron chi connectivity index (χ3n) is 5.36. The monoisotopic (exact) mass is 366 g/mol. The fourth-order valence-corrected chi connectivity index (χ4v) is 3.90. The lowest BCUT2D eigenvalue weighted by Crippen LogP contribution is -2.55. The van der Waals surface area contributed by atoms with Crippen molar-refractivity contribution in [3.05, 3.63) is 29.0 Å². The zero-order valence-electron chi connectivity index (χ0n) is 15.2. The molecule has 5 nitrogen and oxygen atoms in total. The van der Waals surface area contributed by atoms with Crippen molar-refractivity contribution >= 4 is 17.5 Å². The van der Waals surface area contributed by atoms with Crippen LogP contribution < -0.4 is 0 Å². The number of piperidine rings is 1. The van der Waals surface area contributed by atoms with E-state index in [1.54, 1.807) is 12.1 Å². The Labute approximate surface area is 154 Å². The summed E-state index contributed by atoms with van der Waals surface area (Å²) in [6, 6.07) is 3.34. The van der Waals surface area contributed by atoms with E-state index in [0.29, 0.717) is 36.6 Å². The van der Waals surface area contributed by atoms with E-state index in [1.807, 2.05) is 4.90 Å². The van der Waals surface area contributed by atoms with Gasteiger partial charge in [0.25, 0.3) is 5.91 Å². The molecule has 2 fully saturated rings. The number of ether oxygens (including phenoxy) is 1. The van der Waals surface area contributed by atoms with Crippen LogP contribution in [0, 0.1) is 5.41 Å². The molecule has 3 heterocycles. The standard InChI is InChI=1S/C19H27ClN2O3/c1-18(2,3)16-10-14(23)11-19(25-16)6-8-22(9-7-19)17(24)15-5-4-13(20)12-21-15/h4-5,12,14,16,23H,6-11H2,1-3H3/t14-,16-/m1/s1. The maximum absolute atomic E-state index is 12.6. The summed E-state index contributed by atoms with van der Waals surface area (Å²) in [6.07, 6.45) is 4.03. The van der Waals surface area contributed by atoms with Crippen LogP contribution in [-0.2, 0) is 4.74 Å². The number of rotatable bonds is 1. The number of pyridine rings is 1. The van der Waals surface area contributed by atoms with Crippen molar-refractivity contribution in [1.29, 1.82) is 0 Å². The predicted molar refractivity (Wildman–Crippen MR) is 96.7 cm³/mol. The SMILES string of the molecule is CC(C)(C)[C@H]1C[C@@H](O)CC2(CCN(C(=O)c3ccc(Cl)cn3)CC2)O1. The normalized spacial score (nSPS) is 26.7. The van der Waals surface area contributed by atoms with Gasteiger partial charge in [-0.2, -0.15) is 0 Å². The van der Waals surface area contributed by atoms with Gasteiger partial charge < -0.3 is 14.7 Å². The molecule has 2 atom stereocenters. The second-order valence-corrected chi connectivity index (χ2v) is 8.84. The molecule has 0 aromatic carbocycles. The summed E-state index contributed by atoms with van der Waals surface area (Å²) in [7, 11) is 0. The summed E-state index contributed by atoms with van der Waals surface area (Å²) < 4.78 is 6.47. The van der Waals surface area contributed by atoms with Crippen molar-refractivity contribution in [2.24, 2.45) is 5.41 Å². The number of amides is 1. The number of likely N-dealkylation sites (tertiary alicyclic amines) is 1. The number of halogens is 1. The Morgan fingerprint density at radius 3 is 2.60 bits per heavy atom. The van der Waals surface area contributed by atoms with Gasteiger partial charge in [-0.15, -0.1) is 0 Å². The molecule has 6 heteroatoms. The summed E-state index contributed by atoms with van der Waals surface area (Å²) >= 11 is 5.84. The number of carbonyl (C=O) groups excluding carboxylic acids is 1. The third-order valence-corrected chi connectivity index (χ3v) is 5.58. The molecule has 2 aliphatic heterocycles. The van der Waals surface area contributed by atoms with E-state index in [4.69, 9.17) is 16.3 Å². The van der Waals surface area contributed by atoms with Crippen molar-refractivity contribution < 1.29 is 14.6 Å². The number of hydrogen-bond donors (Lipinski definition) is 1. The summed E-state index contributed by atoms with van der Waals surface area (Å²) in [4.78, 5) is 18.5. The Balaban J connectivity index is 1.66. The van der Waals surface area contributed by atoms with Gasteiger partial charge in [0, 0.05) is 32.1 Å². The predicted octanol–water partition coefficient (Wildman–Crippen LogP) is 3.30. The molecule has 2 aliphatic rings. The first-order valence-electron chi connectivity index (χ1n) is 8.95. The van der Waals surface area contributed by atoms with Crippen LogP contribution in [0.4, 0.5) is 0 Å². The maximum atomic E-state index is 12.6. The minimum atomic E-state index is -0.335. The molecular weight excluding hydrogens is 340 g/mol. The van der Waals surface area contributed by atoms with Gasteiger partial charge in [0.1, 0.15) is 5.69 Å². The second kappa shape index (κ2) is 6.86. The Kier molecular flexibility index (Phi) is 5.11. The van der Waals surface area contributed by atoms with Crippen LogP contribution in [0.1, 0.15) is 56.9 Å². The highest BCUT2D eigenvalue weighted by molar-refractivity contribution is 6.30. The number of carbonyl (C=O) groups is 1. The van der Waals surface area contributed by atoms with Gasteiger partial charge in [0.05, 0.1) is 22.8 Å².